The van der Waals surface area contributed by atoms with Gasteiger partial charge < -0.3 is 15.4 Å². The number of carbonyl (C=O) groups excluding carboxylic acids is 1. The van der Waals surface area contributed by atoms with Gasteiger partial charge in [0.2, 0.25) is 0 Å². The van der Waals surface area contributed by atoms with Crippen LogP contribution in [0.1, 0.15) is 25.5 Å². The third kappa shape index (κ3) is 3.19. The Morgan fingerprint density at radius 2 is 2.25 bits per heavy atom. The lowest BCUT2D eigenvalue weighted by Gasteiger charge is -2.29. The van der Waals surface area contributed by atoms with E-state index in [1.165, 1.54) is 0 Å². The van der Waals surface area contributed by atoms with E-state index >= 15 is 0 Å². The molecular formula is C14H15BrN2O2S. The quantitative estimate of drug-likeness (QED) is 0.645. The van der Waals surface area contributed by atoms with E-state index in [0.717, 1.165) is 15.7 Å². The number of nitrogens with one attached hydrogen (secondary N) is 2. The number of allylic oxidation sites excluding steroid dienone is 1. The monoisotopic (exact) mass is 354 g/mol. The van der Waals surface area contributed by atoms with Gasteiger partial charge in [0, 0.05) is 10.2 Å². The Kier molecular flexibility index (Phi) is 4.77. The molecule has 6 heteroatoms. The largest absolute Gasteiger partial charge is 0.463 e. The molecular weight excluding hydrogens is 340 g/mol. The standard InChI is InChI=1S/C14H15BrN2O2S/c1-3-19-13(18)11-8(2)16-14(20)17-12(11)9-5-4-6-10(15)7-9/h4-7,12H,3H2,1-2H3,(H2,16,17,20). The Bertz CT molecular complexity index is 586. The number of ether oxygens (including phenoxy) is 1. The summed E-state index contributed by atoms with van der Waals surface area (Å²) >= 11 is 8.61. The van der Waals surface area contributed by atoms with Gasteiger partial charge in [-0.1, -0.05) is 28.1 Å². The number of hydrogen-bond acceptors (Lipinski definition) is 3. The molecule has 0 saturated carbocycles. The van der Waals surface area contributed by atoms with Crippen molar-refractivity contribution in [1.29, 1.82) is 0 Å². The molecule has 0 bridgehead atoms. The molecule has 0 radical (unpaired) electrons. The Hall–Kier alpha value is -1.40. The first kappa shape index (κ1) is 15.0. The van der Waals surface area contributed by atoms with E-state index < -0.39 is 0 Å². The van der Waals surface area contributed by atoms with Crippen LogP contribution in [0.3, 0.4) is 0 Å². The van der Waals surface area contributed by atoms with Gasteiger partial charge in [0.25, 0.3) is 0 Å². The zero-order valence-corrected chi connectivity index (χ0v) is 13.6. The zero-order chi connectivity index (χ0) is 14.7. The molecule has 106 valence electrons. The molecule has 2 rings (SSSR count). The highest BCUT2D eigenvalue weighted by Crippen LogP contribution is 2.29. The molecule has 1 aliphatic rings. The Morgan fingerprint density at radius 3 is 2.90 bits per heavy atom. The maximum Gasteiger partial charge on any atom is 0.338 e. The van der Waals surface area contributed by atoms with Crippen molar-refractivity contribution in [1.82, 2.24) is 10.6 Å². The normalized spacial score (nSPS) is 18.4. The summed E-state index contributed by atoms with van der Waals surface area (Å²) < 4.78 is 6.08. The highest BCUT2D eigenvalue weighted by atomic mass is 79.9. The van der Waals surface area contributed by atoms with Gasteiger partial charge in [-0.3, -0.25) is 0 Å². The Balaban J connectivity index is 2.44. The summed E-state index contributed by atoms with van der Waals surface area (Å²) in [5, 5.41) is 6.59. The minimum absolute atomic E-state index is 0.305. The molecule has 1 aromatic carbocycles. The lowest BCUT2D eigenvalue weighted by Crippen LogP contribution is -2.45. The molecule has 1 atom stereocenters. The van der Waals surface area contributed by atoms with Crippen molar-refractivity contribution in [2.24, 2.45) is 0 Å². The first-order valence-corrected chi connectivity index (χ1v) is 7.44. The topological polar surface area (TPSA) is 50.4 Å². The van der Waals surface area contributed by atoms with Gasteiger partial charge in [0.1, 0.15) is 0 Å². The second-order valence-electron chi connectivity index (χ2n) is 4.35. The minimum Gasteiger partial charge on any atom is -0.463 e. The highest BCUT2D eigenvalue weighted by Gasteiger charge is 2.30. The fourth-order valence-electron chi connectivity index (χ4n) is 2.11. The number of thiocarbonyl (C=S) groups is 1. The van der Waals surface area contributed by atoms with E-state index in [4.69, 9.17) is 17.0 Å². The van der Waals surface area contributed by atoms with Crippen LogP contribution in [0.4, 0.5) is 0 Å². The molecule has 4 nitrogen and oxygen atoms in total. The van der Waals surface area contributed by atoms with Gasteiger partial charge in [0.15, 0.2) is 5.11 Å². The predicted molar refractivity (Wildman–Crippen MR) is 85.1 cm³/mol. The van der Waals surface area contributed by atoms with Crippen molar-refractivity contribution >= 4 is 39.2 Å². The number of esters is 1. The molecule has 20 heavy (non-hydrogen) atoms. The Morgan fingerprint density at radius 1 is 1.50 bits per heavy atom. The van der Waals surface area contributed by atoms with Crippen LogP contribution in [0, 0.1) is 0 Å². The molecule has 0 aliphatic carbocycles. The van der Waals surface area contributed by atoms with Gasteiger partial charge in [-0.05, 0) is 43.8 Å². The van der Waals surface area contributed by atoms with Gasteiger partial charge in [0.05, 0.1) is 18.2 Å². The number of halogens is 1. The SMILES string of the molecule is CCOC(=O)C1=C(C)NC(=S)NC1c1cccc(Br)c1. The lowest BCUT2D eigenvalue weighted by molar-refractivity contribution is -0.139. The molecule has 0 aromatic heterocycles. The smallest absolute Gasteiger partial charge is 0.338 e. The molecule has 0 saturated heterocycles. The summed E-state index contributed by atoms with van der Waals surface area (Å²) in [4.78, 5) is 12.2. The van der Waals surface area contributed by atoms with Crippen molar-refractivity contribution < 1.29 is 9.53 Å². The third-order valence-electron chi connectivity index (χ3n) is 2.95. The molecule has 1 heterocycles. The average molecular weight is 355 g/mol. The van der Waals surface area contributed by atoms with Crippen molar-refractivity contribution in [3.63, 3.8) is 0 Å². The molecule has 0 fully saturated rings. The summed E-state index contributed by atoms with van der Waals surface area (Å²) in [5.74, 6) is -0.336. The van der Waals surface area contributed by atoms with Gasteiger partial charge >= 0.3 is 5.97 Å². The van der Waals surface area contributed by atoms with E-state index in [1.54, 1.807) is 6.92 Å². The van der Waals surface area contributed by atoms with Crippen LogP contribution in [0.2, 0.25) is 0 Å². The van der Waals surface area contributed by atoms with Crippen LogP contribution in [0.25, 0.3) is 0 Å². The first-order chi connectivity index (χ1) is 9.52. The maximum absolute atomic E-state index is 12.2. The molecule has 0 amide bonds. The maximum atomic E-state index is 12.2. The molecule has 1 unspecified atom stereocenters. The average Bonchev–Trinajstić information content (AvgIpc) is 2.37. The molecule has 1 aromatic rings. The van der Waals surface area contributed by atoms with Crippen molar-refractivity contribution in [3.05, 3.63) is 45.6 Å². The second-order valence-corrected chi connectivity index (χ2v) is 5.67. The fraction of sp³-hybridized carbons (Fsp3) is 0.286. The molecule has 0 spiro atoms. The summed E-state index contributed by atoms with van der Waals surface area (Å²) in [5.41, 5.74) is 2.22. The first-order valence-electron chi connectivity index (χ1n) is 6.23. The van der Waals surface area contributed by atoms with Crippen LogP contribution in [-0.4, -0.2) is 17.7 Å². The van der Waals surface area contributed by atoms with E-state index in [2.05, 4.69) is 26.6 Å². The molecule has 2 N–H and O–H groups in total. The fourth-order valence-corrected chi connectivity index (χ4v) is 2.80. The van der Waals surface area contributed by atoms with Gasteiger partial charge in [-0.25, -0.2) is 4.79 Å². The predicted octanol–water partition coefficient (Wildman–Crippen LogP) is 2.81. The Labute approximate surface area is 131 Å². The van der Waals surface area contributed by atoms with E-state index in [9.17, 15) is 4.79 Å². The van der Waals surface area contributed by atoms with Crippen LogP contribution in [0.5, 0.6) is 0 Å². The zero-order valence-electron chi connectivity index (χ0n) is 11.2. The van der Waals surface area contributed by atoms with E-state index in [1.807, 2.05) is 31.2 Å². The van der Waals surface area contributed by atoms with Crippen molar-refractivity contribution in [3.8, 4) is 0 Å². The highest BCUT2D eigenvalue weighted by molar-refractivity contribution is 9.10. The number of rotatable bonds is 3. The lowest BCUT2D eigenvalue weighted by atomic mass is 9.96. The van der Waals surface area contributed by atoms with Gasteiger partial charge in [-0.2, -0.15) is 0 Å². The van der Waals surface area contributed by atoms with Crippen molar-refractivity contribution in [2.75, 3.05) is 6.61 Å². The van der Waals surface area contributed by atoms with Crippen LogP contribution >= 0.6 is 28.1 Å². The van der Waals surface area contributed by atoms with Crippen LogP contribution in [-0.2, 0) is 9.53 Å². The van der Waals surface area contributed by atoms with E-state index in [-0.39, 0.29) is 12.0 Å². The number of hydrogen-bond donors (Lipinski definition) is 2. The van der Waals surface area contributed by atoms with Crippen LogP contribution < -0.4 is 10.6 Å². The van der Waals surface area contributed by atoms with Gasteiger partial charge in [-0.15, -0.1) is 0 Å². The summed E-state index contributed by atoms with van der Waals surface area (Å²) in [7, 11) is 0. The molecule has 1 aliphatic heterocycles. The van der Waals surface area contributed by atoms with Crippen LogP contribution in [0.15, 0.2) is 40.0 Å². The minimum atomic E-state index is -0.336. The summed E-state index contributed by atoms with van der Waals surface area (Å²) in [6.07, 6.45) is 0. The van der Waals surface area contributed by atoms with E-state index in [0.29, 0.717) is 17.3 Å². The van der Waals surface area contributed by atoms with Crippen molar-refractivity contribution in [2.45, 2.75) is 19.9 Å². The summed E-state index contributed by atoms with van der Waals surface area (Å²) in [6, 6.07) is 7.45. The second kappa shape index (κ2) is 6.37. The number of carbonyl (C=O) groups is 1. The summed E-state index contributed by atoms with van der Waals surface area (Å²) in [6.45, 7) is 3.95. The number of benzene rings is 1. The third-order valence-corrected chi connectivity index (χ3v) is 3.66.